The van der Waals surface area contributed by atoms with Crippen LogP contribution in [0.3, 0.4) is 0 Å². The quantitative estimate of drug-likeness (QED) is 0.374. The van der Waals surface area contributed by atoms with Gasteiger partial charge in [-0.2, -0.15) is 0 Å². The van der Waals surface area contributed by atoms with Gasteiger partial charge in [0.2, 0.25) is 11.7 Å². The van der Waals surface area contributed by atoms with Crippen molar-refractivity contribution in [2.24, 2.45) is 11.0 Å². The van der Waals surface area contributed by atoms with Crippen LogP contribution in [0.1, 0.15) is 35.4 Å². The van der Waals surface area contributed by atoms with Gasteiger partial charge in [-0.1, -0.05) is 36.4 Å². The van der Waals surface area contributed by atoms with E-state index in [9.17, 15) is 25.3 Å². The SMILES string of the molecule is COc1ccc(C2c3ccccc3C3(O)CC2CC(=NNc2ccc([N+](=O)[O-])cc2[N+](=O)[O-])O3)cc1. The Labute approximate surface area is 205 Å². The number of aliphatic hydroxyl groups is 1. The Kier molecular flexibility index (Phi) is 5.77. The predicted molar refractivity (Wildman–Crippen MR) is 130 cm³/mol. The molecule has 0 spiro atoms. The molecule has 0 saturated carbocycles. The number of rotatable bonds is 6. The van der Waals surface area contributed by atoms with Crippen molar-refractivity contribution in [1.29, 1.82) is 0 Å². The van der Waals surface area contributed by atoms with Gasteiger partial charge in [-0.3, -0.25) is 25.7 Å². The minimum atomic E-state index is -1.61. The Morgan fingerprint density at radius 1 is 1.08 bits per heavy atom. The molecule has 11 heteroatoms. The van der Waals surface area contributed by atoms with Gasteiger partial charge < -0.3 is 14.6 Å². The second-order valence-corrected chi connectivity index (χ2v) is 8.73. The molecule has 184 valence electrons. The molecule has 2 aliphatic rings. The molecule has 0 aromatic heterocycles. The first-order chi connectivity index (χ1) is 17.3. The zero-order valence-electron chi connectivity index (χ0n) is 19.2. The Morgan fingerprint density at radius 2 is 1.83 bits per heavy atom. The molecule has 1 saturated heterocycles. The largest absolute Gasteiger partial charge is 0.497 e. The summed E-state index contributed by atoms with van der Waals surface area (Å²) < 4.78 is 11.2. The van der Waals surface area contributed by atoms with Crippen LogP contribution in [0.2, 0.25) is 0 Å². The lowest BCUT2D eigenvalue weighted by Gasteiger charge is -2.46. The summed E-state index contributed by atoms with van der Waals surface area (Å²) in [5.74, 6) is -0.809. The van der Waals surface area contributed by atoms with Crippen LogP contribution in [0.25, 0.3) is 0 Å². The normalized spacial score (nSPS) is 23.3. The highest BCUT2D eigenvalue weighted by Gasteiger charge is 2.50. The topological polar surface area (TPSA) is 149 Å². The van der Waals surface area contributed by atoms with E-state index in [4.69, 9.17) is 9.47 Å². The third-order valence-corrected chi connectivity index (χ3v) is 6.62. The molecule has 11 nitrogen and oxygen atoms in total. The maximum Gasteiger partial charge on any atom is 0.301 e. The Bertz CT molecular complexity index is 1380. The first-order valence-corrected chi connectivity index (χ1v) is 11.2. The van der Waals surface area contributed by atoms with Crippen LogP contribution >= 0.6 is 0 Å². The van der Waals surface area contributed by atoms with Crippen LogP contribution in [-0.4, -0.2) is 28.0 Å². The fourth-order valence-electron chi connectivity index (χ4n) is 5.04. The highest BCUT2D eigenvalue weighted by molar-refractivity contribution is 5.80. The van der Waals surface area contributed by atoms with Crippen LogP contribution in [0.4, 0.5) is 17.1 Å². The van der Waals surface area contributed by atoms with Crippen LogP contribution < -0.4 is 10.2 Å². The van der Waals surface area contributed by atoms with E-state index < -0.39 is 27.0 Å². The van der Waals surface area contributed by atoms with Gasteiger partial charge in [0.25, 0.3) is 5.69 Å². The van der Waals surface area contributed by atoms with Gasteiger partial charge in [0, 0.05) is 30.4 Å². The van der Waals surface area contributed by atoms with Crippen molar-refractivity contribution in [3.05, 3.63) is 104 Å². The van der Waals surface area contributed by atoms with Gasteiger partial charge >= 0.3 is 5.69 Å². The van der Waals surface area contributed by atoms with Crippen molar-refractivity contribution in [3.63, 3.8) is 0 Å². The number of non-ortho nitro benzene ring substituents is 1. The summed E-state index contributed by atoms with van der Waals surface area (Å²) >= 11 is 0. The number of anilines is 1. The number of ether oxygens (including phenoxy) is 2. The van der Waals surface area contributed by atoms with E-state index in [0.717, 1.165) is 29.0 Å². The zero-order valence-corrected chi connectivity index (χ0v) is 19.2. The van der Waals surface area contributed by atoms with E-state index >= 15 is 0 Å². The van der Waals surface area contributed by atoms with Crippen molar-refractivity contribution in [2.45, 2.75) is 24.5 Å². The molecule has 0 radical (unpaired) electrons. The van der Waals surface area contributed by atoms with Crippen molar-refractivity contribution >= 4 is 23.0 Å². The Balaban J connectivity index is 1.50. The molecule has 5 rings (SSSR count). The molecule has 1 heterocycles. The maximum atomic E-state index is 11.5. The fourth-order valence-corrected chi connectivity index (χ4v) is 5.04. The van der Waals surface area contributed by atoms with E-state index in [1.165, 1.54) is 6.07 Å². The number of nitrogens with one attached hydrogen (secondary N) is 1. The van der Waals surface area contributed by atoms with Crippen molar-refractivity contribution in [1.82, 2.24) is 0 Å². The molecule has 2 N–H and O–H groups in total. The lowest BCUT2D eigenvalue weighted by atomic mass is 9.67. The van der Waals surface area contributed by atoms with Crippen molar-refractivity contribution in [3.8, 4) is 5.75 Å². The molecule has 2 bridgehead atoms. The summed E-state index contributed by atoms with van der Waals surface area (Å²) in [5.41, 5.74) is 4.31. The van der Waals surface area contributed by atoms with E-state index in [-0.39, 0.29) is 23.4 Å². The summed E-state index contributed by atoms with van der Waals surface area (Å²) in [4.78, 5) is 21.0. The maximum absolute atomic E-state index is 11.5. The lowest BCUT2D eigenvalue weighted by Crippen LogP contribution is -2.46. The van der Waals surface area contributed by atoms with Crippen molar-refractivity contribution < 1.29 is 24.4 Å². The average molecular weight is 490 g/mol. The Hall–Kier alpha value is -4.51. The van der Waals surface area contributed by atoms with Gasteiger partial charge in [-0.05, 0) is 35.2 Å². The molecule has 3 atom stereocenters. The van der Waals surface area contributed by atoms with Gasteiger partial charge in [-0.15, -0.1) is 5.10 Å². The Morgan fingerprint density at radius 3 is 2.53 bits per heavy atom. The lowest BCUT2D eigenvalue weighted by molar-refractivity contribution is -0.393. The highest BCUT2D eigenvalue weighted by atomic mass is 16.6. The molecular formula is C25H22N4O7. The summed E-state index contributed by atoms with van der Waals surface area (Å²) in [6, 6.07) is 18.5. The minimum absolute atomic E-state index is 0.0310. The number of hydrogen-bond donors (Lipinski definition) is 2. The van der Waals surface area contributed by atoms with Gasteiger partial charge in [-0.25, -0.2) is 0 Å². The molecule has 3 aromatic rings. The molecular weight excluding hydrogens is 468 g/mol. The molecule has 3 aromatic carbocycles. The summed E-state index contributed by atoms with van der Waals surface area (Å²) in [5, 5.41) is 38.2. The van der Waals surface area contributed by atoms with Crippen LogP contribution in [0, 0.1) is 26.1 Å². The molecule has 3 unspecified atom stereocenters. The van der Waals surface area contributed by atoms with Crippen LogP contribution in [-0.2, 0) is 10.5 Å². The molecule has 36 heavy (non-hydrogen) atoms. The third kappa shape index (κ3) is 4.09. The highest BCUT2D eigenvalue weighted by Crippen LogP contribution is 2.52. The molecule has 0 amide bonds. The molecule has 1 aliphatic heterocycles. The standard InChI is InChI=1S/C25H22N4O7/c1-35-18-9-6-15(7-10-18)24-16-12-23(36-25(30,14-16)20-5-3-2-4-19(20)24)27-26-21-11-8-17(28(31)32)13-22(21)29(33)34/h2-11,13,16,24,26,30H,12,14H2,1H3. The van der Waals surface area contributed by atoms with Gasteiger partial charge in [0.05, 0.1) is 23.0 Å². The van der Waals surface area contributed by atoms with E-state index in [1.807, 2.05) is 48.5 Å². The summed E-state index contributed by atoms with van der Waals surface area (Å²) in [6.45, 7) is 0. The monoisotopic (exact) mass is 490 g/mol. The van der Waals surface area contributed by atoms with Gasteiger partial charge in [0.1, 0.15) is 11.4 Å². The van der Waals surface area contributed by atoms with Gasteiger partial charge in [0.15, 0.2) is 0 Å². The number of nitrogens with zero attached hydrogens (tertiary/aromatic N) is 3. The fraction of sp³-hybridized carbons (Fsp3) is 0.240. The number of hydrogen-bond acceptors (Lipinski definition) is 9. The number of nitro benzene ring substituents is 2. The molecule has 1 fully saturated rings. The summed E-state index contributed by atoms with van der Waals surface area (Å²) in [7, 11) is 1.61. The predicted octanol–water partition coefficient (Wildman–Crippen LogP) is 4.65. The number of methoxy groups -OCH3 is 1. The molecule has 1 aliphatic carbocycles. The first-order valence-electron chi connectivity index (χ1n) is 11.2. The minimum Gasteiger partial charge on any atom is -0.497 e. The average Bonchev–Trinajstić information content (AvgIpc) is 2.87. The third-order valence-electron chi connectivity index (χ3n) is 6.62. The number of nitro groups is 2. The smallest absolute Gasteiger partial charge is 0.301 e. The van der Waals surface area contributed by atoms with Crippen molar-refractivity contribution in [2.75, 3.05) is 12.5 Å². The second-order valence-electron chi connectivity index (χ2n) is 8.73. The number of fused-ring (bicyclic) bond motifs is 4. The van der Waals surface area contributed by atoms with Crippen LogP contribution in [0.15, 0.2) is 71.8 Å². The second kappa shape index (κ2) is 8.93. The first kappa shape index (κ1) is 23.2. The zero-order chi connectivity index (χ0) is 25.4. The number of benzene rings is 3. The van der Waals surface area contributed by atoms with E-state index in [0.29, 0.717) is 18.4 Å². The van der Waals surface area contributed by atoms with Crippen LogP contribution in [0.5, 0.6) is 5.75 Å². The van der Waals surface area contributed by atoms with E-state index in [1.54, 1.807) is 7.11 Å². The number of hydrazone groups is 1. The van der Waals surface area contributed by atoms with E-state index in [2.05, 4.69) is 10.5 Å². The summed E-state index contributed by atoms with van der Waals surface area (Å²) in [6.07, 6.45) is 0.707.